The van der Waals surface area contributed by atoms with Gasteiger partial charge in [-0.1, -0.05) is 31.2 Å². The van der Waals surface area contributed by atoms with Crippen molar-refractivity contribution in [1.82, 2.24) is 24.3 Å². The monoisotopic (exact) mass is 417 g/mol. The lowest BCUT2D eigenvalue weighted by Crippen LogP contribution is -2.05. The number of aromatic nitrogens is 5. The van der Waals surface area contributed by atoms with E-state index in [-0.39, 0.29) is 11.7 Å². The summed E-state index contributed by atoms with van der Waals surface area (Å²) in [5, 5.41) is 8.66. The van der Waals surface area contributed by atoms with E-state index in [0.29, 0.717) is 0 Å². The van der Waals surface area contributed by atoms with E-state index < -0.39 is 0 Å². The Balaban J connectivity index is 1.57. The molecular formula is C24H24FN5O. The minimum atomic E-state index is -0.248. The molecule has 4 aromatic rings. The second-order valence-corrected chi connectivity index (χ2v) is 7.44. The van der Waals surface area contributed by atoms with Gasteiger partial charge in [0.05, 0.1) is 24.8 Å². The number of benzene rings is 2. The summed E-state index contributed by atoms with van der Waals surface area (Å²) >= 11 is 0. The first kappa shape index (κ1) is 20.5. The van der Waals surface area contributed by atoms with Crippen LogP contribution in [-0.4, -0.2) is 31.4 Å². The number of ether oxygens (including phenoxy) is 1. The van der Waals surface area contributed by atoms with Crippen LogP contribution in [-0.2, 0) is 7.05 Å². The number of aryl methyl sites for hydroxylation is 1. The van der Waals surface area contributed by atoms with Crippen LogP contribution in [0, 0.1) is 12.7 Å². The number of hydrogen-bond acceptors (Lipinski definition) is 4. The molecule has 7 heteroatoms. The molecule has 0 N–H and O–H groups in total. The molecule has 0 fully saturated rings. The van der Waals surface area contributed by atoms with Crippen LogP contribution < -0.4 is 4.74 Å². The van der Waals surface area contributed by atoms with Crippen LogP contribution >= 0.6 is 0 Å². The molecule has 31 heavy (non-hydrogen) atoms. The molecule has 6 nitrogen and oxygen atoms in total. The number of hydrogen-bond donors (Lipinski definition) is 0. The van der Waals surface area contributed by atoms with Crippen molar-refractivity contribution in [3.63, 3.8) is 0 Å². The zero-order valence-electron chi connectivity index (χ0n) is 18.0. The molecule has 0 saturated heterocycles. The molecule has 0 spiro atoms. The van der Waals surface area contributed by atoms with Gasteiger partial charge < -0.3 is 13.9 Å². The highest BCUT2D eigenvalue weighted by molar-refractivity contribution is 5.69. The van der Waals surface area contributed by atoms with Crippen LogP contribution in [0.5, 0.6) is 5.75 Å². The summed E-state index contributed by atoms with van der Waals surface area (Å²) in [6, 6.07) is 12.5. The summed E-state index contributed by atoms with van der Waals surface area (Å²) in [6.45, 7) is 3.98. The molecule has 0 radical (unpaired) electrons. The van der Waals surface area contributed by atoms with E-state index in [1.54, 1.807) is 25.6 Å². The Hall–Kier alpha value is -3.74. The summed E-state index contributed by atoms with van der Waals surface area (Å²) in [7, 11) is 3.59. The van der Waals surface area contributed by atoms with E-state index in [0.717, 1.165) is 39.9 Å². The standard InChI is InChI=1S/C24H24FN5O/c1-16-14-30(15-26-16)21-11-5-18(13-22(21)31-4)6-12-23-27-28-24(29(23)3)17(2)19-7-9-20(25)10-8-19/h5-15,17H,1-4H3/b12-6+. The maximum atomic E-state index is 13.2. The van der Waals surface area contributed by atoms with Crippen molar-refractivity contribution in [2.24, 2.45) is 7.05 Å². The van der Waals surface area contributed by atoms with Crippen LogP contribution in [0.25, 0.3) is 17.8 Å². The number of imidazole rings is 1. The van der Waals surface area contributed by atoms with Gasteiger partial charge in [-0.05, 0) is 48.4 Å². The molecule has 4 rings (SSSR count). The smallest absolute Gasteiger partial charge is 0.156 e. The Bertz CT molecular complexity index is 1220. The highest BCUT2D eigenvalue weighted by Gasteiger charge is 2.16. The highest BCUT2D eigenvalue weighted by Crippen LogP contribution is 2.26. The van der Waals surface area contributed by atoms with E-state index in [1.807, 2.05) is 66.6 Å². The topological polar surface area (TPSA) is 57.8 Å². The summed E-state index contributed by atoms with van der Waals surface area (Å²) in [5.74, 6) is 2.05. The Kier molecular flexibility index (Phi) is 5.66. The van der Waals surface area contributed by atoms with Crippen molar-refractivity contribution in [3.8, 4) is 11.4 Å². The molecule has 2 aromatic heterocycles. The quantitative estimate of drug-likeness (QED) is 0.453. The number of nitrogens with zero attached hydrogens (tertiary/aromatic N) is 5. The molecule has 0 aliphatic heterocycles. The van der Waals surface area contributed by atoms with Gasteiger partial charge in [-0.3, -0.25) is 0 Å². The zero-order chi connectivity index (χ0) is 22.0. The third-order valence-corrected chi connectivity index (χ3v) is 5.32. The molecule has 0 aliphatic rings. The molecule has 0 bridgehead atoms. The predicted octanol–water partition coefficient (Wildman–Crippen LogP) is 4.78. The van der Waals surface area contributed by atoms with Gasteiger partial charge in [0.15, 0.2) is 5.82 Å². The van der Waals surface area contributed by atoms with E-state index in [4.69, 9.17) is 4.74 Å². The summed E-state index contributed by atoms with van der Waals surface area (Å²) < 4.78 is 22.7. The zero-order valence-corrected chi connectivity index (χ0v) is 18.0. The summed E-state index contributed by atoms with van der Waals surface area (Å²) in [5.41, 5.74) is 3.84. The van der Waals surface area contributed by atoms with Crippen LogP contribution in [0.2, 0.25) is 0 Å². The maximum Gasteiger partial charge on any atom is 0.156 e. The third kappa shape index (κ3) is 4.26. The normalized spacial score (nSPS) is 12.4. The number of halogens is 1. The van der Waals surface area contributed by atoms with E-state index in [9.17, 15) is 4.39 Å². The van der Waals surface area contributed by atoms with Crippen molar-refractivity contribution in [1.29, 1.82) is 0 Å². The predicted molar refractivity (Wildman–Crippen MR) is 119 cm³/mol. The van der Waals surface area contributed by atoms with Gasteiger partial charge >= 0.3 is 0 Å². The summed E-state index contributed by atoms with van der Waals surface area (Å²) in [4.78, 5) is 4.28. The van der Waals surface area contributed by atoms with Gasteiger partial charge in [0.1, 0.15) is 17.4 Å². The molecule has 1 unspecified atom stereocenters. The van der Waals surface area contributed by atoms with E-state index in [2.05, 4.69) is 15.2 Å². The van der Waals surface area contributed by atoms with Gasteiger partial charge in [-0.15, -0.1) is 10.2 Å². The molecule has 0 amide bonds. The average Bonchev–Trinajstić information content (AvgIpc) is 3.37. The van der Waals surface area contributed by atoms with Crippen molar-refractivity contribution in [3.05, 3.63) is 89.3 Å². The Morgan fingerprint density at radius 1 is 1.06 bits per heavy atom. The molecular weight excluding hydrogens is 393 g/mol. The molecule has 158 valence electrons. The Morgan fingerprint density at radius 3 is 2.52 bits per heavy atom. The van der Waals surface area contributed by atoms with Gasteiger partial charge in [-0.25, -0.2) is 9.37 Å². The fourth-order valence-electron chi connectivity index (χ4n) is 3.51. The van der Waals surface area contributed by atoms with Crippen molar-refractivity contribution in [2.75, 3.05) is 7.11 Å². The summed E-state index contributed by atoms with van der Waals surface area (Å²) in [6.07, 6.45) is 7.62. The third-order valence-electron chi connectivity index (χ3n) is 5.32. The number of methoxy groups -OCH3 is 1. The maximum absolute atomic E-state index is 13.2. The first-order valence-electron chi connectivity index (χ1n) is 9.98. The average molecular weight is 417 g/mol. The molecule has 1 atom stereocenters. The number of rotatable bonds is 6. The van der Waals surface area contributed by atoms with E-state index >= 15 is 0 Å². The molecule has 2 heterocycles. The molecule has 0 saturated carbocycles. The van der Waals surface area contributed by atoms with Crippen molar-refractivity contribution >= 4 is 12.2 Å². The fraction of sp³-hybridized carbons (Fsp3) is 0.208. The van der Waals surface area contributed by atoms with Crippen molar-refractivity contribution in [2.45, 2.75) is 19.8 Å². The van der Waals surface area contributed by atoms with Crippen LogP contribution in [0.15, 0.2) is 55.0 Å². The largest absolute Gasteiger partial charge is 0.495 e. The van der Waals surface area contributed by atoms with Gasteiger partial charge in [0.2, 0.25) is 0 Å². The lowest BCUT2D eigenvalue weighted by atomic mass is 10.0. The van der Waals surface area contributed by atoms with Crippen molar-refractivity contribution < 1.29 is 9.13 Å². The van der Waals surface area contributed by atoms with Gasteiger partial charge in [0, 0.05) is 19.2 Å². The second kappa shape index (κ2) is 8.55. The van der Waals surface area contributed by atoms with Crippen LogP contribution in [0.3, 0.4) is 0 Å². The minimum Gasteiger partial charge on any atom is -0.495 e. The van der Waals surface area contributed by atoms with Gasteiger partial charge in [-0.2, -0.15) is 0 Å². The Labute approximate surface area is 180 Å². The Morgan fingerprint density at radius 2 is 1.84 bits per heavy atom. The lowest BCUT2D eigenvalue weighted by molar-refractivity contribution is 0.413. The highest BCUT2D eigenvalue weighted by atomic mass is 19.1. The molecule has 2 aromatic carbocycles. The minimum absolute atomic E-state index is 0.00161. The SMILES string of the molecule is COc1cc(/C=C/c2nnc(C(C)c3ccc(F)cc3)n2C)ccc1-n1cnc(C)c1. The first-order valence-corrected chi connectivity index (χ1v) is 9.98. The second-order valence-electron chi connectivity index (χ2n) is 7.44. The van der Waals surface area contributed by atoms with Crippen LogP contribution in [0.4, 0.5) is 4.39 Å². The van der Waals surface area contributed by atoms with Crippen LogP contribution in [0.1, 0.15) is 41.3 Å². The lowest BCUT2D eigenvalue weighted by Gasteiger charge is -2.11. The van der Waals surface area contributed by atoms with Gasteiger partial charge in [0.25, 0.3) is 0 Å². The first-order chi connectivity index (χ1) is 15.0. The fourth-order valence-corrected chi connectivity index (χ4v) is 3.51. The molecule has 0 aliphatic carbocycles. The van der Waals surface area contributed by atoms with E-state index in [1.165, 1.54) is 12.1 Å².